The zero-order valence-electron chi connectivity index (χ0n) is 10.7. The van der Waals surface area contributed by atoms with Crippen LogP contribution in [0.3, 0.4) is 0 Å². The van der Waals surface area contributed by atoms with Gasteiger partial charge in [-0.1, -0.05) is 41.7 Å². The molecule has 0 aliphatic rings. The van der Waals surface area contributed by atoms with Crippen LogP contribution in [0.25, 0.3) is 16.0 Å². The van der Waals surface area contributed by atoms with Crippen molar-refractivity contribution >= 4 is 27.3 Å². The van der Waals surface area contributed by atoms with E-state index in [9.17, 15) is 0 Å². The van der Waals surface area contributed by atoms with E-state index in [4.69, 9.17) is 4.74 Å². The van der Waals surface area contributed by atoms with Gasteiger partial charge in [0.2, 0.25) is 11.3 Å². The van der Waals surface area contributed by atoms with Crippen molar-refractivity contribution in [2.45, 2.75) is 0 Å². The number of benzene rings is 2. The summed E-state index contributed by atoms with van der Waals surface area (Å²) in [4.78, 5) is 0. The molecular weight excluding hydrogens is 254 g/mol. The lowest BCUT2D eigenvalue weighted by atomic mass is 10.3. The predicted molar refractivity (Wildman–Crippen MR) is 79.1 cm³/mol. The zero-order valence-corrected chi connectivity index (χ0v) is 11.5. The maximum Gasteiger partial charge on any atom is 0.305 e. The summed E-state index contributed by atoms with van der Waals surface area (Å²) < 4.78 is 9.16. The maximum atomic E-state index is 5.81. The lowest BCUT2D eigenvalue weighted by molar-refractivity contribution is -0.643. The topological polar surface area (TPSA) is 13.1 Å². The molecule has 1 aromatic heterocycles. The molecule has 0 amide bonds. The Bertz CT molecular complexity index is 731. The number of hydrogen-bond acceptors (Lipinski definition) is 2. The van der Waals surface area contributed by atoms with Crippen LogP contribution in [0.15, 0.2) is 61.2 Å². The van der Waals surface area contributed by atoms with Crippen molar-refractivity contribution in [2.75, 3.05) is 0 Å². The number of hydrogen-bond donors (Lipinski definition) is 0. The number of para-hydroxylation sites is 2. The molecule has 94 valence electrons. The molecule has 2 nitrogen and oxygen atoms in total. The van der Waals surface area contributed by atoms with Crippen LogP contribution in [0, 0.1) is 0 Å². The number of ether oxygens (including phenoxy) is 1. The van der Waals surface area contributed by atoms with Gasteiger partial charge in [0.1, 0.15) is 17.5 Å². The van der Waals surface area contributed by atoms with Gasteiger partial charge in [0.05, 0.1) is 0 Å². The van der Waals surface area contributed by atoms with Crippen LogP contribution in [0.1, 0.15) is 5.01 Å². The van der Waals surface area contributed by atoms with Crippen molar-refractivity contribution in [3.8, 4) is 5.75 Å². The minimum absolute atomic E-state index is 0.676. The minimum Gasteiger partial charge on any atom is -0.450 e. The molecule has 0 spiro atoms. The molecule has 0 aliphatic carbocycles. The second kappa shape index (κ2) is 4.86. The summed E-state index contributed by atoms with van der Waals surface area (Å²) in [7, 11) is 2.04. The van der Waals surface area contributed by atoms with E-state index in [0.717, 1.165) is 10.8 Å². The van der Waals surface area contributed by atoms with E-state index >= 15 is 0 Å². The SMILES string of the molecule is C=C(Oc1ccccc1)c1sc2ccccc2[n+]1C. The van der Waals surface area contributed by atoms with Gasteiger partial charge in [0.25, 0.3) is 0 Å². The standard InChI is InChI=1S/C16H14NOS/c1-12(18-13-8-4-3-5-9-13)16-17(2)14-10-6-7-11-15(14)19-16/h3-11H,1H2,2H3/q+1. The molecule has 3 rings (SSSR count). The minimum atomic E-state index is 0.676. The van der Waals surface area contributed by atoms with Crippen LogP contribution >= 0.6 is 11.3 Å². The fraction of sp³-hybridized carbons (Fsp3) is 0.0625. The van der Waals surface area contributed by atoms with Gasteiger partial charge in [-0.15, -0.1) is 0 Å². The molecule has 0 unspecified atom stereocenters. The lowest BCUT2D eigenvalue weighted by Gasteiger charge is -2.03. The predicted octanol–water partition coefficient (Wildman–Crippen LogP) is 3.78. The molecule has 0 aliphatic heterocycles. The quantitative estimate of drug-likeness (QED) is 0.520. The van der Waals surface area contributed by atoms with Gasteiger partial charge < -0.3 is 4.74 Å². The van der Waals surface area contributed by atoms with Crippen molar-refractivity contribution < 1.29 is 9.30 Å². The van der Waals surface area contributed by atoms with Crippen molar-refractivity contribution in [3.05, 3.63) is 66.2 Å². The summed E-state index contributed by atoms with van der Waals surface area (Å²) in [6, 6.07) is 18.0. The first-order valence-electron chi connectivity index (χ1n) is 6.05. The van der Waals surface area contributed by atoms with E-state index in [-0.39, 0.29) is 0 Å². The Morgan fingerprint density at radius 2 is 1.74 bits per heavy atom. The van der Waals surface area contributed by atoms with E-state index in [1.165, 1.54) is 10.2 Å². The molecule has 19 heavy (non-hydrogen) atoms. The number of nitrogens with zero attached hydrogens (tertiary/aromatic N) is 1. The van der Waals surface area contributed by atoms with Crippen LogP contribution < -0.4 is 9.30 Å². The van der Waals surface area contributed by atoms with Gasteiger partial charge in [-0.05, 0) is 24.8 Å². The molecular formula is C16H14NOS+. The first-order valence-corrected chi connectivity index (χ1v) is 6.87. The number of rotatable bonds is 3. The third kappa shape index (κ3) is 2.25. The summed E-state index contributed by atoms with van der Waals surface area (Å²) in [5.41, 5.74) is 1.19. The first-order chi connectivity index (χ1) is 9.25. The largest absolute Gasteiger partial charge is 0.450 e. The highest BCUT2D eigenvalue weighted by Crippen LogP contribution is 2.26. The number of thiazole rings is 1. The Morgan fingerprint density at radius 3 is 2.47 bits per heavy atom. The van der Waals surface area contributed by atoms with Gasteiger partial charge in [-0.3, -0.25) is 0 Å². The molecule has 0 saturated heterocycles. The molecule has 3 heteroatoms. The normalized spacial score (nSPS) is 10.6. The second-order valence-electron chi connectivity index (χ2n) is 4.27. The lowest BCUT2D eigenvalue weighted by Crippen LogP contribution is -2.30. The molecule has 2 aromatic carbocycles. The Hall–Kier alpha value is -2.13. The van der Waals surface area contributed by atoms with Crippen LogP contribution in [-0.4, -0.2) is 0 Å². The summed E-state index contributed by atoms with van der Waals surface area (Å²) >= 11 is 1.69. The van der Waals surface area contributed by atoms with E-state index in [1.54, 1.807) is 11.3 Å². The number of aryl methyl sites for hydroxylation is 1. The van der Waals surface area contributed by atoms with Crippen LogP contribution in [-0.2, 0) is 7.05 Å². The molecule has 1 heterocycles. The van der Waals surface area contributed by atoms with Crippen molar-refractivity contribution in [3.63, 3.8) is 0 Å². The highest BCUT2D eigenvalue weighted by Gasteiger charge is 2.20. The fourth-order valence-electron chi connectivity index (χ4n) is 2.02. The fourth-order valence-corrected chi connectivity index (χ4v) is 3.08. The van der Waals surface area contributed by atoms with Gasteiger partial charge in [-0.25, -0.2) is 0 Å². The molecule has 0 bridgehead atoms. The maximum absolute atomic E-state index is 5.81. The number of fused-ring (bicyclic) bond motifs is 1. The zero-order chi connectivity index (χ0) is 13.2. The molecule has 3 aromatic rings. The van der Waals surface area contributed by atoms with Crippen LogP contribution in [0.2, 0.25) is 0 Å². The average molecular weight is 268 g/mol. The van der Waals surface area contributed by atoms with Crippen LogP contribution in [0.4, 0.5) is 0 Å². The van der Waals surface area contributed by atoms with E-state index in [2.05, 4.69) is 23.3 Å². The summed E-state index contributed by atoms with van der Waals surface area (Å²) in [6.45, 7) is 4.04. The van der Waals surface area contributed by atoms with E-state index in [0.29, 0.717) is 5.76 Å². The molecule has 0 fully saturated rings. The first kappa shape index (κ1) is 11.9. The number of aromatic nitrogens is 1. The summed E-state index contributed by atoms with van der Waals surface area (Å²) in [5, 5.41) is 1.03. The Kier molecular flexibility index (Phi) is 3.05. The third-order valence-electron chi connectivity index (χ3n) is 2.96. The highest BCUT2D eigenvalue weighted by molar-refractivity contribution is 7.19. The van der Waals surface area contributed by atoms with Crippen molar-refractivity contribution in [1.29, 1.82) is 0 Å². The van der Waals surface area contributed by atoms with E-state index < -0.39 is 0 Å². The summed E-state index contributed by atoms with van der Waals surface area (Å²) in [6.07, 6.45) is 0. The van der Waals surface area contributed by atoms with Crippen molar-refractivity contribution in [2.24, 2.45) is 7.05 Å². The smallest absolute Gasteiger partial charge is 0.305 e. The molecule has 0 saturated carbocycles. The molecule has 0 N–H and O–H groups in total. The summed E-state index contributed by atoms with van der Waals surface area (Å²) in [5.74, 6) is 1.49. The second-order valence-corrected chi connectivity index (χ2v) is 5.30. The monoisotopic (exact) mass is 268 g/mol. The molecule has 0 atom stereocenters. The van der Waals surface area contributed by atoms with Gasteiger partial charge in [-0.2, -0.15) is 4.57 Å². The highest BCUT2D eigenvalue weighted by atomic mass is 32.1. The van der Waals surface area contributed by atoms with E-state index in [1.807, 2.05) is 49.5 Å². The Labute approximate surface area is 116 Å². The van der Waals surface area contributed by atoms with Gasteiger partial charge >= 0.3 is 5.01 Å². The molecule has 0 radical (unpaired) electrons. The van der Waals surface area contributed by atoms with Gasteiger partial charge in [0.15, 0.2) is 0 Å². The Balaban J connectivity index is 1.96. The average Bonchev–Trinajstić information content (AvgIpc) is 2.78. The third-order valence-corrected chi connectivity index (χ3v) is 4.22. The van der Waals surface area contributed by atoms with Gasteiger partial charge in [0, 0.05) is 6.07 Å². The van der Waals surface area contributed by atoms with Crippen LogP contribution in [0.5, 0.6) is 5.75 Å². The Morgan fingerprint density at radius 1 is 1.05 bits per heavy atom. The van der Waals surface area contributed by atoms with Crippen molar-refractivity contribution in [1.82, 2.24) is 0 Å².